The molecule has 0 bridgehead atoms. The molecule has 0 radical (unpaired) electrons. The number of anilines is 2. The number of nitrogens with zero attached hydrogens (tertiary/aromatic N) is 4. The van der Waals surface area contributed by atoms with E-state index in [9.17, 15) is 9.59 Å². The Morgan fingerprint density at radius 3 is 2.45 bits per heavy atom. The van der Waals surface area contributed by atoms with E-state index in [1.54, 1.807) is 24.3 Å². The lowest BCUT2D eigenvalue weighted by molar-refractivity contribution is 0.0991. The second-order valence-corrected chi connectivity index (χ2v) is 7.35. The van der Waals surface area contributed by atoms with Crippen LogP contribution in [0, 0.1) is 0 Å². The van der Waals surface area contributed by atoms with Gasteiger partial charge in [-0.25, -0.2) is 4.79 Å². The van der Waals surface area contributed by atoms with Crippen LogP contribution in [0.4, 0.5) is 10.9 Å². The molecule has 3 N–H and O–H groups in total. The van der Waals surface area contributed by atoms with Gasteiger partial charge in [0.05, 0.1) is 33.1 Å². The van der Waals surface area contributed by atoms with Crippen LogP contribution in [0.15, 0.2) is 45.7 Å². The highest BCUT2D eigenvalue weighted by Gasteiger charge is 2.24. The average Bonchev–Trinajstić information content (AvgIpc) is 3.46. The van der Waals surface area contributed by atoms with E-state index in [4.69, 9.17) is 24.4 Å². The summed E-state index contributed by atoms with van der Waals surface area (Å²) in [5.41, 5.74) is 5.64. The summed E-state index contributed by atoms with van der Waals surface area (Å²) < 4.78 is 22.6. The van der Waals surface area contributed by atoms with Crippen LogP contribution in [0.5, 0.6) is 17.2 Å². The van der Waals surface area contributed by atoms with Crippen LogP contribution in [0.1, 0.15) is 10.6 Å². The highest BCUT2D eigenvalue weighted by atomic mass is 32.1. The molecule has 0 spiro atoms. The fourth-order valence-corrected chi connectivity index (χ4v) is 3.79. The molecular weight excluding hydrogens is 452 g/mol. The molecule has 1 aromatic carbocycles. The predicted molar refractivity (Wildman–Crippen MR) is 119 cm³/mol. The molecule has 3 heterocycles. The predicted octanol–water partition coefficient (Wildman–Crippen LogP) is 2.20. The zero-order chi connectivity index (χ0) is 23.5. The lowest BCUT2D eigenvalue weighted by Crippen LogP contribution is -2.16. The van der Waals surface area contributed by atoms with E-state index in [0.717, 1.165) is 11.3 Å². The van der Waals surface area contributed by atoms with Crippen LogP contribution in [-0.2, 0) is 0 Å². The largest absolute Gasteiger partial charge is 0.496 e. The summed E-state index contributed by atoms with van der Waals surface area (Å²) in [5, 5.41) is 14.9. The molecule has 0 aliphatic heterocycles. The van der Waals surface area contributed by atoms with Gasteiger partial charge in [-0.05, 0) is 18.2 Å². The van der Waals surface area contributed by atoms with E-state index in [-0.39, 0.29) is 22.2 Å². The molecule has 0 aliphatic rings. The molecule has 170 valence electrons. The summed E-state index contributed by atoms with van der Waals surface area (Å²) in [6, 6.07) is 8.07. The van der Waals surface area contributed by atoms with Crippen LogP contribution in [0.2, 0.25) is 0 Å². The molecule has 4 aromatic rings. The molecule has 1 amide bonds. The third-order valence-electron chi connectivity index (χ3n) is 4.52. The Balaban J connectivity index is 1.73. The highest BCUT2D eigenvalue weighted by Crippen LogP contribution is 2.41. The Hall–Kier alpha value is -4.39. The maximum absolute atomic E-state index is 12.9. The van der Waals surface area contributed by atoms with Crippen molar-refractivity contribution < 1.29 is 23.4 Å². The number of rotatable bonds is 7. The smallest absolute Gasteiger partial charge is 0.379 e. The Kier molecular flexibility index (Phi) is 5.95. The third kappa shape index (κ3) is 4.08. The van der Waals surface area contributed by atoms with Crippen molar-refractivity contribution in [2.45, 2.75) is 0 Å². The number of hydrogen-bond donors (Lipinski definition) is 2. The number of carbonyl (C=O) groups is 1. The monoisotopic (exact) mass is 470 g/mol. The van der Waals surface area contributed by atoms with Crippen molar-refractivity contribution in [3.05, 3.63) is 52.7 Å². The van der Waals surface area contributed by atoms with Crippen LogP contribution in [0.25, 0.3) is 16.3 Å². The van der Waals surface area contributed by atoms with E-state index in [1.165, 1.54) is 38.3 Å². The molecule has 13 heteroatoms. The normalized spacial score (nSPS) is 10.6. The summed E-state index contributed by atoms with van der Waals surface area (Å²) in [6.07, 6.45) is 1.51. The number of ether oxygens (including phenoxy) is 3. The van der Waals surface area contributed by atoms with Gasteiger partial charge in [-0.1, -0.05) is 17.4 Å². The van der Waals surface area contributed by atoms with Crippen LogP contribution < -0.4 is 30.9 Å². The first-order valence-electron chi connectivity index (χ1n) is 9.35. The number of nitrogen functional groups attached to an aromatic ring is 1. The van der Waals surface area contributed by atoms with Gasteiger partial charge in [0.1, 0.15) is 17.3 Å². The number of methoxy groups -OCH3 is 3. The van der Waals surface area contributed by atoms with Crippen LogP contribution in [0.3, 0.4) is 0 Å². The maximum atomic E-state index is 12.9. The van der Waals surface area contributed by atoms with Gasteiger partial charge in [0.2, 0.25) is 16.0 Å². The van der Waals surface area contributed by atoms with E-state index in [1.807, 2.05) is 0 Å². The van der Waals surface area contributed by atoms with Crippen LogP contribution >= 0.6 is 11.3 Å². The van der Waals surface area contributed by atoms with Crippen LogP contribution in [-0.4, -0.2) is 47.2 Å². The Morgan fingerprint density at radius 1 is 1.12 bits per heavy atom. The molecule has 4 rings (SSSR count). The average molecular weight is 470 g/mol. The van der Waals surface area contributed by atoms with Gasteiger partial charge in [0, 0.05) is 11.6 Å². The first kappa shape index (κ1) is 21.8. The number of benzene rings is 1. The maximum Gasteiger partial charge on any atom is 0.379 e. The minimum atomic E-state index is -0.852. The molecular formula is C20H18N6O6S. The lowest BCUT2D eigenvalue weighted by Gasteiger charge is -2.15. The van der Waals surface area contributed by atoms with Gasteiger partial charge in [0.25, 0.3) is 5.91 Å². The summed E-state index contributed by atoms with van der Waals surface area (Å²) in [6.45, 7) is 0. The second-order valence-electron chi connectivity index (χ2n) is 6.39. The fraction of sp³-hybridized carbons (Fsp3) is 0.150. The summed E-state index contributed by atoms with van der Waals surface area (Å²) >= 11 is 1.03. The minimum absolute atomic E-state index is 0.110. The Morgan fingerprint density at radius 2 is 1.85 bits per heavy atom. The van der Waals surface area contributed by atoms with E-state index in [0.29, 0.717) is 28.0 Å². The highest BCUT2D eigenvalue weighted by molar-refractivity contribution is 7.17. The van der Waals surface area contributed by atoms with Gasteiger partial charge in [-0.15, -0.1) is 10.2 Å². The van der Waals surface area contributed by atoms with E-state index in [2.05, 4.69) is 20.6 Å². The van der Waals surface area contributed by atoms with E-state index < -0.39 is 11.5 Å². The summed E-state index contributed by atoms with van der Waals surface area (Å²) in [5.74, 6) is 0.0766. The zero-order valence-corrected chi connectivity index (χ0v) is 18.5. The van der Waals surface area contributed by atoms with Crippen molar-refractivity contribution in [1.29, 1.82) is 0 Å². The van der Waals surface area contributed by atoms with Crippen molar-refractivity contribution in [3.63, 3.8) is 0 Å². The van der Waals surface area contributed by atoms with Crippen molar-refractivity contribution in [2.75, 3.05) is 32.4 Å². The van der Waals surface area contributed by atoms with E-state index >= 15 is 0 Å². The number of hydrogen-bond acceptors (Lipinski definition) is 11. The minimum Gasteiger partial charge on any atom is -0.496 e. The third-order valence-corrected chi connectivity index (χ3v) is 5.34. The van der Waals surface area contributed by atoms with Crippen molar-refractivity contribution in [1.82, 2.24) is 20.0 Å². The van der Waals surface area contributed by atoms with Gasteiger partial charge in [-0.2, -0.15) is 9.78 Å². The fourth-order valence-electron chi connectivity index (χ4n) is 3.07. The number of nitrogens with one attached hydrogen (secondary N) is 1. The van der Waals surface area contributed by atoms with Gasteiger partial charge < -0.3 is 24.4 Å². The number of amides is 1. The number of carbonyl (C=O) groups excluding carboxylic acids is 1. The molecule has 33 heavy (non-hydrogen) atoms. The number of aromatic nitrogens is 4. The zero-order valence-electron chi connectivity index (χ0n) is 17.7. The lowest BCUT2D eigenvalue weighted by atomic mass is 10.0. The van der Waals surface area contributed by atoms with Crippen molar-refractivity contribution in [2.24, 2.45) is 0 Å². The topological polar surface area (TPSA) is 157 Å². The second kappa shape index (κ2) is 9.00. The molecule has 3 aromatic heterocycles. The summed E-state index contributed by atoms with van der Waals surface area (Å²) in [7, 11) is 4.27. The van der Waals surface area contributed by atoms with Crippen molar-refractivity contribution in [3.8, 4) is 33.5 Å². The Labute approximate surface area is 190 Å². The Bertz CT molecular complexity index is 1360. The molecule has 0 saturated carbocycles. The summed E-state index contributed by atoms with van der Waals surface area (Å²) in [4.78, 5) is 25.5. The molecule has 0 aliphatic carbocycles. The first-order valence-corrected chi connectivity index (χ1v) is 10.2. The quantitative estimate of drug-likeness (QED) is 0.410. The molecule has 0 fully saturated rings. The number of nitrogens with two attached hydrogens (primary N) is 1. The molecule has 12 nitrogen and oxygen atoms in total. The molecule has 0 unspecified atom stereocenters. The first-order chi connectivity index (χ1) is 16.0. The SMILES string of the molecule is COc1cccc(OC)c1-c1cc(C(=O)Nc2nnc(-n3nccc3N)s2)oc(=O)c1OC. The van der Waals surface area contributed by atoms with Gasteiger partial charge in [0.15, 0.2) is 5.76 Å². The standard InChI is InChI=1S/C20H18N6O6S/c1-29-11-5-4-6-12(30-2)15(11)10-9-13(32-18(28)16(10)31-3)17(27)23-19-24-25-20(33-19)26-14(21)7-8-22-26/h4-9H,21H2,1-3H3,(H,23,24,27). The van der Waals surface area contributed by atoms with Gasteiger partial charge in [-0.3, -0.25) is 10.1 Å². The molecule has 0 atom stereocenters. The van der Waals surface area contributed by atoms with Crippen molar-refractivity contribution >= 4 is 28.2 Å². The molecule has 0 saturated heterocycles. The van der Waals surface area contributed by atoms with Gasteiger partial charge >= 0.3 is 5.63 Å².